The average Bonchev–Trinajstić information content (AvgIpc) is 1.99. The third kappa shape index (κ3) is 3.11. The van der Waals surface area contributed by atoms with Gasteiger partial charge in [0.25, 0.3) is 0 Å². The molecule has 0 bridgehead atoms. The first-order valence-corrected chi connectivity index (χ1v) is 4.98. The lowest BCUT2D eigenvalue weighted by Crippen LogP contribution is -2.34. The van der Waals surface area contributed by atoms with Crippen LogP contribution in [0.3, 0.4) is 0 Å². The van der Waals surface area contributed by atoms with E-state index in [-0.39, 0.29) is 5.60 Å². The van der Waals surface area contributed by atoms with Crippen molar-refractivity contribution >= 4 is 0 Å². The van der Waals surface area contributed by atoms with Gasteiger partial charge >= 0.3 is 0 Å². The molecule has 2 N–H and O–H groups in total. The molecule has 0 amide bonds. The van der Waals surface area contributed by atoms with Crippen LogP contribution >= 0.6 is 0 Å². The van der Waals surface area contributed by atoms with Gasteiger partial charge in [-0.15, -0.1) is 0 Å². The van der Waals surface area contributed by atoms with Gasteiger partial charge in [0, 0.05) is 6.61 Å². The Morgan fingerprint density at radius 1 is 1.50 bits per heavy atom. The van der Waals surface area contributed by atoms with E-state index in [0.29, 0.717) is 0 Å². The largest absolute Gasteiger partial charge is 0.376 e. The van der Waals surface area contributed by atoms with Crippen LogP contribution in [-0.4, -0.2) is 18.8 Å². The van der Waals surface area contributed by atoms with Gasteiger partial charge in [-0.1, -0.05) is 0 Å². The summed E-state index contributed by atoms with van der Waals surface area (Å²) < 4.78 is 5.64. The molecule has 0 aromatic rings. The predicted octanol–water partition coefficient (Wildman–Crippen LogP) is 1.93. The van der Waals surface area contributed by atoms with Gasteiger partial charge in [0.1, 0.15) is 0 Å². The highest BCUT2D eigenvalue weighted by molar-refractivity contribution is 4.78. The molecule has 1 aliphatic heterocycles. The van der Waals surface area contributed by atoms with Crippen LogP contribution in [0.2, 0.25) is 0 Å². The zero-order valence-electron chi connectivity index (χ0n) is 8.31. The van der Waals surface area contributed by atoms with E-state index in [1.54, 1.807) is 0 Å². The molecule has 1 aliphatic rings. The molecular weight excluding hydrogens is 150 g/mol. The number of nitrogens with two attached hydrogens (primary N) is 1. The summed E-state index contributed by atoms with van der Waals surface area (Å²) in [6, 6.07) is 0. The van der Waals surface area contributed by atoms with E-state index in [2.05, 4.69) is 13.8 Å². The van der Waals surface area contributed by atoms with E-state index in [4.69, 9.17) is 10.5 Å². The number of hydrogen-bond acceptors (Lipinski definition) is 2. The Morgan fingerprint density at radius 3 is 2.83 bits per heavy atom. The molecule has 0 radical (unpaired) electrons. The molecule has 1 atom stereocenters. The lowest BCUT2D eigenvalue weighted by Gasteiger charge is -2.35. The molecular formula is C10H21NO. The molecule has 0 saturated carbocycles. The predicted molar refractivity (Wildman–Crippen MR) is 51.0 cm³/mol. The first-order chi connectivity index (χ1) is 5.64. The van der Waals surface area contributed by atoms with Crippen LogP contribution in [0.25, 0.3) is 0 Å². The Bertz CT molecular complexity index is 134. The summed E-state index contributed by atoms with van der Waals surface area (Å²) in [7, 11) is 0. The SMILES string of the molecule is CC1(C)CC(CCCN)CCO1. The summed E-state index contributed by atoms with van der Waals surface area (Å²) in [6.07, 6.45) is 4.88. The van der Waals surface area contributed by atoms with E-state index in [9.17, 15) is 0 Å². The molecule has 2 nitrogen and oxygen atoms in total. The monoisotopic (exact) mass is 171 g/mol. The second-order valence-corrected chi connectivity index (χ2v) is 4.40. The van der Waals surface area contributed by atoms with E-state index in [1.165, 1.54) is 25.7 Å². The zero-order valence-corrected chi connectivity index (χ0v) is 8.31. The van der Waals surface area contributed by atoms with Crippen molar-refractivity contribution in [3.8, 4) is 0 Å². The highest BCUT2D eigenvalue weighted by atomic mass is 16.5. The molecule has 1 unspecified atom stereocenters. The average molecular weight is 171 g/mol. The third-order valence-electron chi connectivity index (χ3n) is 2.62. The summed E-state index contributed by atoms with van der Waals surface area (Å²) in [5.74, 6) is 0.845. The van der Waals surface area contributed by atoms with Crippen LogP contribution in [0, 0.1) is 5.92 Å². The highest BCUT2D eigenvalue weighted by Gasteiger charge is 2.27. The van der Waals surface area contributed by atoms with Gasteiger partial charge in [0.05, 0.1) is 5.60 Å². The van der Waals surface area contributed by atoms with Crippen LogP contribution in [0.1, 0.15) is 39.5 Å². The van der Waals surface area contributed by atoms with Gasteiger partial charge in [-0.25, -0.2) is 0 Å². The molecule has 72 valence electrons. The van der Waals surface area contributed by atoms with E-state index < -0.39 is 0 Å². The Kier molecular flexibility index (Phi) is 3.53. The van der Waals surface area contributed by atoms with Gasteiger partial charge in [0.15, 0.2) is 0 Å². The lowest BCUT2D eigenvalue weighted by molar-refractivity contribution is -0.0736. The highest BCUT2D eigenvalue weighted by Crippen LogP contribution is 2.30. The van der Waals surface area contributed by atoms with Crippen LogP contribution in [0.4, 0.5) is 0 Å². The van der Waals surface area contributed by atoms with Gasteiger partial charge in [-0.2, -0.15) is 0 Å². The van der Waals surface area contributed by atoms with Crippen molar-refractivity contribution in [2.24, 2.45) is 11.7 Å². The fraction of sp³-hybridized carbons (Fsp3) is 1.00. The molecule has 0 aromatic carbocycles. The molecule has 1 heterocycles. The molecule has 0 aromatic heterocycles. The smallest absolute Gasteiger partial charge is 0.0629 e. The normalized spacial score (nSPS) is 28.8. The van der Waals surface area contributed by atoms with Crippen LogP contribution < -0.4 is 5.73 Å². The Balaban J connectivity index is 2.26. The van der Waals surface area contributed by atoms with Crippen LogP contribution in [0.15, 0.2) is 0 Å². The van der Waals surface area contributed by atoms with E-state index in [1.807, 2.05) is 0 Å². The Morgan fingerprint density at radius 2 is 2.25 bits per heavy atom. The van der Waals surface area contributed by atoms with E-state index >= 15 is 0 Å². The summed E-state index contributed by atoms with van der Waals surface area (Å²) >= 11 is 0. The van der Waals surface area contributed by atoms with E-state index in [0.717, 1.165) is 19.1 Å². The summed E-state index contributed by atoms with van der Waals surface area (Å²) in [6.45, 7) is 6.13. The third-order valence-corrected chi connectivity index (χ3v) is 2.62. The maximum Gasteiger partial charge on any atom is 0.0629 e. The van der Waals surface area contributed by atoms with Crippen molar-refractivity contribution in [1.82, 2.24) is 0 Å². The molecule has 2 heteroatoms. The van der Waals surface area contributed by atoms with Crippen molar-refractivity contribution in [1.29, 1.82) is 0 Å². The minimum absolute atomic E-state index is 0.109. The molecule has 0 aliphatic carbocycles. The minimum Gasteiger partial charge on any atom is -0.376 e. The van der Waals surface area contributed by atoms with Gasteiger partial charge in [-0.05, 0) is 52.0 Å². The summed E-state index contributed by atoms with van der Waals surface area (Å²) in [5, 5.41) is 0. The first kappa shape index (κ1) is 10.0. The maximum absolute atomic E-state index is 5.64. The first-order valence-electron chi connectivity index (χ1n) is 4.98. The Labute approximate surface area is 75.5 Å². The summed E-state index contributed by atoms with van der Waals surface area (Å²) in [5.41, 5.74) is 5.59. The molecule has 1 saturated heterocycles. The van der Waals surface area contributed by atoms with Crippen LogP contribution in [-0.2, 0) is 4.74 Å². The summed E-state index contributed by atoms with van der Waals surface area (Å²) in [4.78, 5) is 0. The molecule has 1 fully saturated rings. The minimum atomic E-state index is 0.109. The van der Waals surface area contributed by atoms with Crippen molar-refractivity contribution in [2.75, 3.05) is 13.2 Å². The van der Waals surface area contributed by atoms with Gasteiger partial charge < -0.3 is 10.5 Å². The molecule has 1 rings (SSSR count). The second-order valence-electron chi connectivity index (χ2n) is 4.40. The van der Waals surface area contributed by atoms with Crippen LogP contribution in [0.5, 0.6) is 0 Å². The molecule has 0 spiro atoms. The van der Waals surface area contributed by atoms with Crippen molar-refractivity contribution in [3.63, 3.8) is 0 Å². The zero-order chi connectivity index (χ0) is 9.03. The maximum atomic E-state index is 5.64. The van der Waals surface area contributed by atoms with Gasteiger partial charge in [0.2, 0.25) is 0 Å². The fourth-order valence-electron chi connectivity index (χ4n) is 2.01. The second kappa shape index (κ2) is 4.24. The topological polar surface area (TPSA) is 35.2 Å². The van der Waals surface area contributed by atoms with Crippen molar-refractivity contribution < 1.29 is 4.74 Å². The Hall–Kier alpha value is -0.0800. The van der Waals surface area contributed by atoms with Crippen molar-refractivity contribution in [2.45, 2.75) is 45.1 Å². The number of hydrogen-bond donors (Lipinski definition) is 1. The number of rotatable bonds is 3. The molecule has 12 heavy (non-hydrogen) atoms. The number of ether oxygens (including phenoxy) is 1. The quantitative estimate of drug-likeness (QED) is 0.704. The van der Waals surface area contributed by atoms with Gasteiger partial charge in [-0.3, -0.25) is 0 Å². The standard InChI is InChI=1S/C10H21NO/c1-10(2)8-9(4-3-6-11)5-7-12-10/h9H,3-8,11H2,1-2H3. The van der Waals surface area contributed by atoms with Crippen molar-refractivity contribution in [3.05, 3.63) is 0 Å². The fourth-order valence-corrected chi connectivity index (χ4v) is 2.01. The lowest BCUT2D eigenvalue weighted by atomic mass is 9.85.